The van der Waals surface area contributed by atoms with Crippen LogP contribution in [0, 0.1) is 0 Å². The highest BCUT2D eigenvalue weighted by Crippen LogP contribution is 2.40. The van der Waals surface area contributed by atoms with E-state index in [1.54, 1.807) is 0 Å². The average Bonchev–Trinajstić information content (AvgIpc) is 2.17. The summed E-state index contributed by atoms with van der Waals surface area (Å²) in [6.07, 6.45) is -5.36. The molecular weight excluding hydrogens is 243 g/mol. The van der Waals surface area contributed by atoms with E-state index in [2.05, 4.69) is 4.52 Å². The van der Waals surface area contributed by atoms with Crippen molar-refractivity contribution in [2.24, 2.45) is 0 Å². The first-order valence-corrected chi connectivity index (χ1v) is 5.89. The Hall–Kier alpha value is -0.310. The quantitative estimate of drug-likeness (QED) is 0.239. The van der Waals surface area contributed by atoms with Crippen molar-refractivity contribution < 1.29 is 39.3 Å². The Bertz CT molecular complexity index is 322. The maximum Gasteiger partial charge on any atom is 0.470 e. The molecule has 94 valence electrons. The summed E-state index contributed by atoms with van der Waals surface area (Å²) in [5, 5.41) is 36.9. The van der Waals surface area contributed by atoms with Crippen LogP contribution in [-0.4, -0.2) is 61.2 Å². The van der Waals surface area contributed by atoms with Crippen molar-refractivity contribution in [1.29, 1.82) is 0 Å². The normalized spacial score (nSPS) is 36.0. The van der Waals surface area contributed by atoms with Gasteiger partial charge in [-0.15, -0.1) is 0 Å². The van der Waals surface area contributed by atoms with E-state index in [1.807, 2.05) is 0 Å². The lowest BCUT2D eigenvalue weighted by Gasteiger charge is -2.33. The van der Waals surface area contributed by atoms with Gasteiger partial charge in [-0.05, 0) is 11.6 Å². The fourth-order valence-corrected chi connectivity index (χ4v) is 1.91. The molecule has 8 nitrogen and oxygen atoms in total. The number of rotatable bonds is 3. The molecule has 0 amide bonds. The standard InChI is InChI=1S/C7H13O8P/c8-2-3-1-4(15-16(12,13)14)6(10)7(11)5(3)9/h1,4-11H,2H2,(H2,12,13,14)/t4-,5+,6+,7-/m0/s1. The van der Waals surface area contributed by atoms with Crippen molar-refractivity contribution in [3.05, 3.63) is 11.6 Å². The van der Waals surface area contributed by atoms with E-state index in [1.165, 1.54) is 0 Å². The van der Waals surface area contributed by atoms with Gasteiger partial charge in [-0.3, -0.25) is 4.52 Å². The molecule has 0 saturated heterocycles. The minimum absolute atomic E-state index is 0.0729. The molecule has 0 heterocycles. The van der Waals surface area contributed by atoms with E-state index in [0.29, 0.717) is 0 Å². The topological polar surface area (TPSA) is 148 Å². The van der Waals surface area contributed by atoms with Crippen molar-refractivity contribution in [3.63, 3.8) is 0 Å². The molecule has 0 aliphatic heterocycles. The van der Waals surface area contributed by atoms with Crippen LogP contribution in [0.4, 0.5) is 0 Å². The van der Waals surface area contributed by atoms with Crippen molar-refractivity contribution in [3.8, 4) is 0 Å². The van der Waals surface area contributed by atoms with Gasteiger partial charge in [0.2, 0.25) is 0 Å². The average molecular weight is 256 g/mol. The van der Waals surface area contributed by atoms with Crippen LogP contribution in [0.3, 0.4) is 0 Å². The molecule has 0 aromatic carbocycles. The molecule has 0 aromatic heterocycles. The molecule has 16 heavy (non-hydrogen) atoms. The van der Waals surface area contributed by atoms with Crippen LogP contribution in [0.2, 0.25) is 0 Å². The fourth-order valence-electron chi connectivity index (χ4n) is 1.41. The molecule has 1 rings (SSSR count). The van der Waals surface area contributed by atoms with Crippen LogP contribution in [0.1, 0.15) is 0 Å². The molecule has 9 heteroatoms. The molecule has 6 N–H and O–H groups in total. The number of phosphoric ester groups is 1. The first-order chi connectivity index (χ1) is 7.26. The lowest BCUT2D eigenvalue weighted by Crippen LogP contribution is -2.49. The maximum atomic E-state index is 10.6. The molecule has 0 spiro atoms. The molecule has 0 fully saturated rings. The van der Waals surface area contributed by atoms with Gasteiger partial charge in [-0.2, -0.15) is 0 Å². The second kappa shape index (κ2) is 4.91. The van der Waals surface area contributed by atoms with Gasteiger partial charge in [0.1, 0.15) is 24.4 Å². The van der Waals surface area contributed by atoms with Gasteiger partial charge in [0.15, 0.2) is 0 Å². The van der Waals surface area contributed by atoms with Gasteiger partial charge >= 0.3 is 7.82 Å². The van der Waals surface area contributed by atoms with Crippen LogP contribution >= 0.6 is 7.82 Å². The first-order valence-electron chi connectivity index (χ1n) is 4.36. The summed E-state index contributed by atoms with van der Waals surface area (Å²) in [6.45, 7) is -0.619. The molecule has 1 aliphatic carbocycles. The second-order valence-electron chi connectivity index (χ2n) is 3.39. The third kappa shape index (κ3) is 3.09. The monoisotopic (exact) mass is 256 g/mol. The highest BCUT2D eigenvalue weighted by molar-refractivity contribution is 7.46. The zero-order chi connectivity index (χ0) is 12.5. The Kier molecular flexibility index (Phi) is 4.22. The van der Waals surface area contributed by atoms with Crippen LogP contribution in [0.15, 0.2) is 11.6 Å². The van der Waals surface area contributed by atoms with Gasteiger partial charge in [0.25, 0.3) is 0 Å². The zero-order valence-corrected chi connectivity index (χ0v) is 8.94. The largest absolute Gasteiger partial charge is 0.470 e. The summed E-state index contributed by atoms with van der Waals surface area (Å²) >= 11 is 0. The number of hydrogen-bond acceptors (Lipinski definition) is 6. The molecule has 0 aromatic rings. The summed E-state index contributed by atoms with van der Waals surface area (Å²) in [4.78, 5) is 17.1. The van der Waals surface area contributed by atoms with E-state index in [4.69, 9.17) is 14.9 Å². The fraction of sp³-hybridized carbons (Fsp3) is 0.714. The SMILES string of the molecule is O=P(O)(O)O[C@H]1C=C(CO)[C@@H](O)[C@H](O)[C@@H]1O. The summed E-state index contributed by atoms with van der Waals surface area (Å²) in [5.74, 6) is 0. The van der Waals surface area contributed by atoms with Crippen molar-refractivity contribution in [2.75, 3.05) is 6.61 Å². The van der Waals surface area contributed by atoms with Gasteiger partial charge in [-0.1, -0.05) is 0 Å². The Labute approximate surface area is 90.7 Å². The lowest BCUT2D eigenvalue weighted by atomic mass is 9.90. The first kappa shape index (κ1) is 13.8. The van der Waals surface area contributed by atoms with Crippen LogP contribution in [0.5, 0.6) is 0 Å². The summed E-state index contributed by atoms with van der Waals surface area (Å²) < 4.78 is 14.8. The van der Waals surface area contributed by atoms with Gasteiger partial charge < -0.3 is 30.2 Å². The van der Waals surface area contributed by atoms with E-state index < -0.39 is 38.8 Å². The Balaban J connectivity index is 2.92. The smallest absolute Gasteiger partial charge is 0.392 e. The summed E-state index contributed by atoms with van der Waals surface area (Å²) in [5.41, 5.74) is -0.0729. The second-order valence-corrected chi connectivity index (χ2v) is 4.58. The minimum atomic E-state index is -4.83. The molecule has 1 aliphatic rings. The van der Waals surface area contributed by atoms with E-state index in [-0.39, 0.29) is 5.57 Å². The molecule has 4 atom stereocenters. The predicted octanol–water partition coefficient (Wildman–Crippen LogP) is -2.52. The zero-order valence-electron chi connectivity index (χ0n) is 8.04. The molecular formula is C7H13O8P. The highest BCUT2D eigenvalue weighted by atomic mass is 31.2. The molecule has 0 radical (unpaired) electrons. The maximum absolute atomic E-state index is 10.6. The van der Waals surface area contributed by atoms with Crippen LogP contribution in [-0.2, 0) is 9.09 Å². The highest BCUT2D eigenvalue weighted by Gasteiger charge is 2.40. The lowest BCUT2D eigenvalue weighted by molar-refractivity contribution is -0.0928. The minimum Gasteiger partial charge on any atom is -0.392 e. The third-order valence-corrected chi connectivity index (χ3v) is 2.73. The van der Waals surface area contributed by atoms with Crippen molar-refractivity contribution in [1.82, 2.24) is 0 Å². The molecule has 0 saturated carbocycles. The van der Waals surface area contributed by atoms with Crippen molar-refractivity contribution >= 4 is 7.82 Å². The van der Waals surface area contributed by atoms with E-state index in [9.17, 15) is 19.9 Å². The number of aliphatic hydroxyl groups excluding tert-OH is 4. The Morgan fingerprint density at radius 3 is 2.25 bits per heavy atom. The Morgan fingerprint density at radius 1 is 1.25 bits per heavy atom. The summed E-state index contributed by atoms with van der Waals surface area (Å²) in [7, 11) is -4.83. The number of hydrogen-bond donors (Lipinski definition) is 6. The summed E-state index contributed by atoms with van der Waals surface area (Å²) in [6, 6.07) is 0. The number of aliphatic hydroxyl groups is 4. The van der Waals surface area contributed by atoms with E-state index >= 15 is 0 Å². The van der Waals surface area contributed by atoms with Gasteiger partial charge in [0, 0.05) is 0 Å². The molecule has 0 bridgehead atoms. The van der Waals surface area contributed by atoms with Crippen LogP contribution in [0.25, 0.3) is 0 Å². The molecule has 0 unspecified atom stereocenters. The number of phosphoric acid groups is 1. The Morgan fingerprint density at radius 2 is 1.81 bits per heavy atom. The van der Waals surface area contributed by atoms with Crippen LogP contribution < -0.4 is 0 Å². The predicted molar refractivity (Wildman–Crippen MR) is 50.1 cm³/mol. The van der Waals surface area contributed by atoms with Gasteiger partial charge in [-0.25, -0.2) is 4.57 Å². The van der Waals surface area contributed by atoms with Gasteiger partial charge in [0.05, 0.1) is 6.61 Å². The van der Waals surface area contributed by atoms with Crippen molar-refractivity contribution in [2.45, 2.75) is 24.4 Å². The van der Waals surface area contributed by atoms with E-state index in [0.717, 1.165) is 6.08 Å². The third-order valence-electron chi connectivity index (χ3n) is 2.21.